The molecule has 0 unspecified atom stereocenters. The molecule has 0 spiro atoms. The summed E-state index contributed by atoms with van der Waals surface area (Å²) in [5, 5.41) is 20.3. The third-order valence-electron chi connectivity index (χ3n) is 6.72. The number of imidazole rings is 1. The summed E-state index contributed by atoms with van der Waals surface area (Å²) < 4.78 is 2.03. The smallest absolute Gasteiger partial charge is 0.404 e. The summed E-state index contributed by atoms with van der Waals surface area (Å²) in [6, 6.07) is 21.2. The highest BCUT2D eigenvalue weighted by atomic mass is 16.4. The number of benzene rings is 2. The third kappa shape index (κ3) is 4.77. The van der Waals surface area contributed by atoms with Gasteiger partial charge in [-0.15, -0.1) is 0 Å². The molecule has 180 valence electrons. The third-order valence-corrected chi connectivity index (χ3v) is 6.72. The number of hydrogen-bond acceptors (Lipinski definition) is 4. The molecule has 0 saturated carbocycles. The van der Waals surface area contributed by atoms with Crippen LogP contribution in [0.1, 0.15) is 28.8 Å². The highest BCUT2D eigenvalue weighted by Crippen LogP contribution is 2.26. The van der Waals surface area contributed by atoms with Gasteiger partial charge in [0.25, 0.3) is 5.91 Å². The van der Waals surface area contributed by atoms with E-state index in [2.05, 4.69) is 16.4 Å². The summed E-state index contributed by atoms with van der Waals surface area (Å²) in [5.41, 5.74) is 5.98. The Labute approximate surface area is 208 Å². The van der Waals surface area contributed by atoms with E-state index >= 15 is 0 Å². The number of fused-ring (bicyclic) bond motifs is 1. The van der Waals surface area contributed by atoms with Gasteiger partial charge in [-0.1, -0.05) is 24.3 Å². The zero-order chi connectivity index (χ0) is 25.1. The number of hydrogen-bond donors (Lipinski definition) is 2. The molecule has 5 rings (SSSR count). The van der Waals surface area contributed by atoms with E-state index in [1.54, 1.807) is 12.1 Å². The Balaban J connectivity index is 1.30. The first-order valence-electron chi connectivity index (χ1n) is 11.9. The minimum absolute atomic E-state index is 0.000595. The minimum atomic E-state index is -1.01. The molecule has 2 N–H and O–H groups in total. The molecule has 0 atom stereocenters. The van der Waals surface area contributed by atoms with Crippen LogP contribution in [0.15, 0.2) is 73.1 Å². The van der Waals surface area contributed by atoms with Gasteiger partial charge in [0.05, 0.1) is 23.5 Å². The van der Waals surface area contributed by atoms with Crippen LogP contribution in [0.2, 0.25) is 0 Å². The van der Waals surface area contributed by atoms with Crippen LogP contribution < -0.4 is 5.32 Å². The number of pyridine rings is 1. The number of carbonyl (C=O) groups excluding carboxylic acids is 1. The van der Waals surface area contributed by atoms with Crippen molar-refractivity contribution in [2.45, 2.75) is 12.8 Å². The number of piperidine rings is 1. The summed E-state index contributed by atoms with van der Waals surface area (Å²) in [4.78, 5) is 30.0. The normalized spacial score (nSPS) is 13.9. The van der Waals surface area contributed by atoms with E-state index < -0.39 is 6.09 Å². The van der Waals surface area contributed by atoms with E-state index in [1.807, 2.05) is 70.2 Å². The highest BCUT2D eigenvalue weighted by molar-refractivity contribution is 5.94. The van der Waals surface area contributed by atoms with Gasteiger partial charge in [0.2, 0.25) is 0 Å². The Morgan fingerprint density at radius 3 is 2.31 bits per heavy atom. The first kappa shape index (κ1) is 23.1. The molecular weight excluding hydrogens is 454 g/mol. The van der Waals surface area contributed by atoms with Crippen LogP contribution in [0.5, 0.6) is 0 Å². The Morgan fingerprint density at radius 2 is 1.64 bits per heavy atom. The molecule has 0 aliphatic carbocycles. The summed E-state index contributed by atoms with van der Waals surface area (Å²) in [5.74, 6) is 0.263. The van der Waals surface area contributed by atoms with E-state index in [9.17, 15) is 9.59 Å². The second-order valence-electron chi connectivity index (χ2n) is 8.98. The highest BCUT2D eigenvalue weighted by Gasteiger charge is 2.24. The second kappa shape index (κ2) is 9.92. The molecule has 2 aromatic heterocycles. The van der Waals surface area contributed by atoms with Crippen molar-refractivity contribution < 1.29 is 14.7 Å². The van der Waals surface area contributed by atoms with E-state index in [0.717, 1.165) is 40.9 Å². The van der Waals surface area contributed by atoms with Gasteiger partial charge in [-0.25, -0.2) is 9.78 Å². The van der Waals surface area contributed by atoms with Crippen LogP contribution in [0.3, 0.4) is 0 Å². The molecule has 8 nitrogen and oxygen atoms in total. The summed E-state index contributed by atoms with van der Waals surface area (Å²) in [6.45, 7) is 1.68. The van der Waals surface area contributed by atoms with Gasteiger partial charge < -0.3 is 15.3 Å². The van der Waals surface area contributed by atoms with E-state index in [0.29, 0.717) is 30.8 Å². The molecule has 1 fully saturated rings. The lowest BCUT2D eigenvalue weighted by molar-refractivity contribution is 0.0689. The molecule has 1 saturated heterocycles. The van der Waals surface area contributed by atoms with Crippen molar-refractivity contribution in [2.24, 2.45) is 5.92 Å². The van der Waals surface area contributed by atoms with Crippen LogP contribution in [0.25, 0.3) is 28.0 Å². The molecule has 36 heavy (non-hydrogen) atoms. The van der Waals surface area contributed by atoms with E-state index in [4.69, 9.17) is 10.4 Å². The van der Waals surface area contributed by atoms with E-state index in [-0.39, 0.29) is 11.8 Å². The fraction of sp³-hybridized carbons (Fsp3) is 0.214. The fourth-order valence-electron chi connectivity index (χ4n) is 4.64. The number of likely N-dealkylation sites (tertiary alicyclic amines) is 1. The summed E-state index contributed by atoms with van der Waals surface area (Å²) >= 11 is 0. The number of carboxylic acid groups (broad SMARTS) is 1. The van der Waals surface area contributed by atoms with Gasteiger partial charge in [0.1, 0.15) is 5.65 Å². The monoisotopic (exact) mass is 479 g/mol. The van der Waals surface area contributed by atoms with Crippen molar-refractivity contribution in [1.82, 2.24) is 19.6 Å². The quantitative estimate of drug-likeness (QED) is 0.433. The zero-order valence-corrected chi connectivity index (χ0v) is 19.6. The Morgan fingerprint density at radius 1 is 0.972 bits per heavy atom. The van der Waals surface area contributed by atoms with Crippen LogP contribution in [0, 0.1) is 17.2 Å². The maximum absolute atomic E-state index is 13.0. The van der Waals surface area contributed by atoms with Crippen LogP contribution in [-0.4, -0.2) is 51.0 Å². The number of nitrogens with zero attached hydrogens (tertiary/aromatic N) is 4. The molecule has 3 heterocycles. The predicted octanol–water partition coefficient (Wildman–Crippen LogP) is 4.66. The minimum Gasteiger partial charge on any atom is -0.465 e. The lowest BCUT2D eigenvalue weighted by Crippen LogP contribution is -2.41. The van der Waals surface area contributed by atoms with Crippen molar-refractivity contribution in [3.8, 4) is 28.5 Å². The lowest BCUT2D eigenvalue weighted by Gasteiger charge is -2.32. The summed E-state index contributed by atoms with van der Waals surface area (Å²) in [7, 11) is 0. The number of nitrogens with one attached hydrogen (secondary N) is 1. The van der Waals surface area contributed by atoms with Gasteiger partial charge in [-0.3, -0.25) is 9.20 Å². The predicted molar refractivity (Wildman–Crippen MR) is 135 cm³/mol. The first-order chi connectivity index (χ1) is 17.5. The maximum atomic E-state index is 13.0. The average molecular weight is 480 g/mol. The molecule has 8 heteroatoms. The molecule has 0 bridgehead atoms. The lowest BCUT2D eigenvalue weighted by atomic mass is 9.96. The Bertz CT molecular complexity index is 1440. The number of nitriles is 1. The molecule has 2 amide bonds. The molecule has 1 aliphatic heterocycles. The fourth-order valence-corrected chi connectivity index (χ4v) is 4.64. The maximum Gasteiger partial charge on any atom is 0.404 e. The number of carbonyl (C=O) groups is 2. The van der Waals surface area contributed by atoms with Crippen molar-refractivity contribution in [2.75, 3.05) is 19.6 Å². The second-order valence-corrected chi connectivity index (χ2v) is 8.98. The number of amides is 2. The molecule has 4 aromatic rings. The molecule has 0 radical (unpaired) electrons. The first-order valence-corrected chi connectivity index (χ1v) is 11.9. The van der Waals surface area contributed by atoms with Crippen LogP contribution >= 0.6 is 0 Å². The van der Waals surface area contributed by atoms with Gasteiger partial charge in [0, 0.05) is 37.0 Å². The van der Waals surface area contributed by atoms with Gasteiger partial charge in [-0.05, 0) is 66.3 Å². The largest absolute Gasteiger partial charge is 0.465 e. The van der Waals surface area contributed by atoms with Gasteiger partial charge >= 0.3 is 6.09 Å². The van der Waals surface area contributed by atoms with Crippen molar-refractivity contribution in [3.63, 3.8) is 0 Å². The zero-order valence-electron chi connectivity index (χ0n) is 19.6. The van der Waals surface area contributed by atoms with Crippen molar-refractivity contribution in [1.29, 1.82) is 5.26 Å². The van der Waals surface area contributed by atoms with Gasteiger partial charge in [0.15, 0.2) is 0 Å². The van der Waals surface area contributed by atoms with Crippen LogP contribution in [0.4, 0.5) is 4.79 Å². The molecule has 1 aliphatic rings. The van der Waals surface area contributed by atoms with Gasteiger partial charge in [-0.2, -0.15) is 5.26 Å². The van der Waals surface area contributed by atoms with E-state index in [1.165, 1.54) is 0 Å². The summed E-state index contributed by atoms with van der Waals surface area (Å²) in [6.07, 6.45) is 4.42. The SMILES string of the molecule is N#Cc1ccc(-c2cnc3ccc(-c4ccc(C(=O)N5CCC(CNC(=O)O)CC5)cc4)cn23)cc1. The van der Waals surface area contributed by atoms with Crippen molar-refractivity contribution in [3.05, 3.63) is 84.2 Å². The number of rotatable bonds is 5. The molecular formula is C28H25N5O3. The topological polar surface area (TPSA) is 111 Å². The Hall–Kier alpha value is -4.64. The standard InChI is InChI=1S/C28H25N5O3/c29-15-19-1-3-22(4-2-19)25-17-30-26-10-9-24(18-33(25)26)21-5-7-23(8-6-21)27(34)32-13-11-20(12-14-32)16-31-28(35)36/h1-10,17-18,20,31H,11-14,16H2,(H,35,36). The molecule has 2 aromatic carbocycles. The Kier molecular flexibility index (Phi) is 6.37. The number of aromatic nitrogens is 2. The average Bonchev–Trinajstić information content (AvgIpc) is 3.35. The van der Waals surface area contributed by atoms with Crippen molar-refractivity contribution >= 4 is 17.6 Å². The van der Waals surface area contributed by atoms with Crippen LogP contribution in [-0.2, 0) is 0 Å².